The largest absolute Gasteiger partial charge is 3.00 e. The number of carboxylic acid groups (broad SMARTS) is 2. The Morgan fingerprint density at radius 1 is 0.302 bits per heavy atom. The summed E-state index contributed by atoms with van der Waals surface area (Å²) in [6, 6.07) is 122. The number of pyridine rings is 2. The molecular weight excluding hydrogens is 2510 g/mol. The minimum Gasteiger partial charge on any atom is -0.670 e. The van der Waals surface area contributed by atoms with E-state index in [1.54, 1.807) is 127 Å². The van der Waals surface area contributed by atoms with E-state index in [4.69, 9.17) is 39.9 Å². The second-order valence-electron chi connectivity index (χ2n) is 27.2. The summed E-state index contributed by atoms with van der Waals surface area (Å²) in [4.78, 5) is 112. The van der Waals surface area contributed by atoms with Crippen molar-refractivity contribution in [3.8, 4) is 123 Å². The molecule has 0 fully saturated rings. The summed E-state index contributed by atoms with van der Waals surface area (Å²) < 4.78 is 2.41. The Kier molecular flexibility index (Phi) is 44.4. The normalized spacial score (nSPS) is 10.6. The van der Waals surface area contributed by atoms with Gasteiger partial charge in [0.05, 0.1) is 51.5 Å². The molecule has 0 saturated carbocycles. The van der Waals surface area contributed by atoms with Gasteiger partial charge in [0, 0.05) is 167 Å². The zero-order chi connectivity index (χ0) is 94.0. The molecule has 2 N–H and O–H groups in total. The molecule has 1 atom stereocenters. The van der Waals surface area contributed by atoms with Crippen molar-refractivity contribution in [1.82, 2.24) is 79.7 Å². The van der Waals surface area contributed by atoms with E-state index in [2.05, 4.69) is 211 Å². The average Bonchev–Trinajstić information content (AvgIpc) is 1.65. The molecule has 24 nitrogen and oxygen atoms in total. The van der Waals surface area contributed by atoms with Crippen LogP contribution in [0, 0.1) is 48.5 Å². The van der Waals surface area contributed by atoms with Crippen molar-refractivity contribution in [2.75, 3.05) is 0 Å². The van der Waals surface area contributed by atoms with Crippen LogP contribution < -0.4 is 0 Å². The summed E-state index contributed by atoms with van der Waals surface area (Å²) in [7, 11) is 0. The van der Waals surface area contributed by atoms with E-state index in [9.17, 15) is 9.59 Å². The van der Waals surface area contributed by atoms with Crippen LogP contribution in [0.1, 0.15) is 31.9 Å². The molecule has 0 bridgehead atoms. The van der Waals surface area contributed by atoms with Gasteiger partial charge in [0.25, 0.3) is 0 Å². The van der Waals surface area contributed by atoms with Crippen LogP contribution >= 0.6 is 34.4 Å². The van der Waals surface area contributed by atoms with Crippen LogP contribution in [0.25, 0.3) is 148 Å². The fourth-order valence-corrected chi connectivity index (χ4v) is 15.4. The SMILES string of the molecule is O=C(O)c1cncc(C(=O)O)n1.[CH-]=O.[CH-]=O.[CH-]=O.[Ir+3].[Ir].[Ir].[Re].[c-]1c(-c2cnccn2)cccc1-c1ncccn1.[c-]1c(-c2cnccn2)cccc1-c1ncccn1.[c-]1c(-c2nc3ccccc3s2)cccc1C1[N-]c2ccccc2S1.[c-]1ccccc1-c1[c-]c(-c2nc3ccccc3s2)ccc1.[c-]1ccccc1-c1cccc(-c2ccccn2)n1.[c-]1ccccc1-c1cncc(-c2[c-]cccc2)n1. The van der Waals surface area contributed by atoms with Crippen molar-refractivity contribution in [2.24, 2.45) is 0 Å². The van der Waals surface area contributed by atoms with E-state index in [-0.39, 0.29) is 97.5 Å². The van der Waals surface area contributed by atoms with Crippen LogP contribution in [0.3, 0.4) is 0 Å². The summed E-state index contributed by atoms with van der Waals surface area (Å²) >= 11 is 5.19. The quantitative estimate of drug-likeness (QED) is 0.0754. The average molecular weight is 2580 g/mol. The zero-order valence-electron chi connectivity index (χ0n) is 72.3. The van der Waals surface area contributed by atoms with E-state index >= 15 is 0 Å². The van der Waals surface area contributed by atoms with Crippen LogP contribution in [0.4, 0.5) is 5.69 Å². The molecule has 0 saturated heterocycles. The third-order valence-corrected chi connectivity index (χ3v) is 21.8. The van der Waals surface area contributed by atoms with Gasteiger partial charge in [-0.25, -0.2) is 20.1 Å². The Morgan fingerprint density at radius 2 is 0.676 bits per heavy atom. The summed E-state index contributed by atoms with van der Waals surface area (Å²) in [6.45, 7) is 9.75. The minimum absolute atomic E-state index is 0. The number of nitrogens with zero attached hydrogens (tertiary/aromatic N) is 17. The maximum atomic E-state index is 10.3. The molecule has 1 aliphatic heterocycles. The van der Waals surface area contributed by atoms with E-state index in [1.807, 2.05) is 206 Å². The number of rotatable bonds is 14. The van der Waals surface area contributed by atoms with Crippen molar-refractivity contribution in [2.45, 2.75) is 10.3 Å². The van der Waals surface area contributed by atoms with Crippen molar-refractivity contribution >= 4 is 92.9 Å². The molecule has 10 aromatic heterocycles. The minimum atomic E-state index is -1.30. The van der Waals surface area contributed by atoms with Gasteiger partial charge in [0.2, 0.25) is 0 Å². The van der Waals surface area contributed by atoms with Crippen LogP contribution in [-0.2, 0) is 95.1 Å². The molecule has 139 heavy (non-hydrogen) atoms. The molecule has 31 heteroatoms. The number of hydrogen-bond donors (Lipinski definition) is 2. The van der Waals surface area contributed by atoms with Crippen molar-refractivity contribution in [1.29, 1.82) is 0 Å². The Hall–Kier alpha value is -15.3. The number of carbonyl (C=O) groups is 2. The number of carboxylic acids is 2. The second kappa shape index (κ2) is 57.5. The molecule has 3 radical (unpaired) electrons. The van der Waals surface area contributed by atoms with Gasteiger partial charge in [-0.2, -0.15) is 64.6 Å². The zero-order valence-corrected chi connectivity index (χ0v) is 84.7. The first-order chi connectivity index (χ1) is 66.6. The Bertz CT molecular complexity index is 6510. The van der Waals surface area contributed by atoms with Crippen molar-refractivity contribution < 1.29 is 115 Å². The summed E-state index contributed by atoms with van der Waals surface area (Å²) in [6.07, 6.45) is 24.1. The van der Waals surface area contributed by atoms with Crippen LogP contribution in [0.15, 0.2) is 389 Å². The number of aromatic carboxylic acids is 2. The predicted octanol–water partition coefficient (Wildman–Crippen LogP) is 22.7. The molecule has 0 aliphatic carbocycles. The third kappa shape index (κ3) is 31.1. The number of aromatic nitrogens is 16. The van der Waals surface area contributed by atoms with Crippen molar-refractivity contribution in [3.05, 3.63) is 455 Å². The Morgan fingerprint density at radius 3 is 1.14 bits per heavy atom. The van der Waals surface area contributed by atoms with Crippen LogP contribution in [-0.4, -0.2) is 122 Å². The predicted molar refractivity (Wildman–Crippen MR) is 523 cm³/mol. The third-order valence-electron chi connectivity index (χ3n) is 18.5. The number of thiazole rings is 2. The van der Waals surface area contributed by atoms with E-state index in [0.717, 1.165) is 146 Å². The van der Waals surface area contributed by atoms with Gasteiger partial charge >= 0.3 is 32.0 Å². The summed E-state index contributed by atoms with van der Waals surface area (Å²) in [5.41, 5.74) is 19.9. The monoisotopic (exact) mass is 2580 g/mol. The van der Waals surface area contributed by atoms with Gasteiger partial charge in [-0.3, -0.25) is 90.1 Å². The Balaban J connectivity index is 0.000000180. The fourth-order valence-electron chi connectivity index (χ4n) is 12.5. The number of fused-ring (bicyclic) bond motifs is 3. The van der Waals surface area contributed by atoms with E-state index < -0.39 is 11.9 Å². The molecule has 22 rings (SSSR count). The molecule has 1 unspecified atom stereocenters. The first-order valence-electron chi connectivity index (χ1n) is 40.5. The van der Waals surface area contributed by atoms with Gasteiger partial charge < -0.3 is 34.9 Å². The van der Waals surface area contributed by atoms with Crippen molar-refractivity contribution in [3.63, 3.8) is 0 Å². The molecule has 1 aliphatic rings. The van der Waals surface area contributed by atoms with E-state index in [0.29, 0.717) is 11.6 Å². The smallest absolute Gasteiger partial charge is 0.670 e. The van der Waals surface area contributed by atoms with Gasteiger partial charge in [-0.15, -0.1) is 227 Å². The van der Waals surface area contributed by atoms with Gasteiger partial charge in [0.15, 0.2) is 11.4 Å². The number of benzene rings is 11. The summed E-state index contributed by atoms with van der Waals surface area (Å²) in [5.74, 6) is -1.29. The number of carbonyl (C=O) groups excluding carboxylic acids is 3. The topological polar surface area (TPSA) is 346 Å². The van der Waals surface area contributed by atoms with Crippen LogP contribution in [0.2, 0.25) is 0 Å². The number of thioether (sulfide) groups is 1. The number of para-hydroxylation sites is 3. The second-order valence-corrected chi connectivity index (χ2v) is 30.4. The first-order valence-corrected chi connectivity index (χ1v) is 43.1. The molecule has 21 aromatic rings. The van der Waals surface area contributed by atoms with E-state index in [1.165, 1.54) is 14.3 Å². The molecule has 11 heterocycles. The molecule has 689 valence electrons. The molecule has 11 aromatic carbocycles. The van der Waals surface area contributed by atoms with Crippen LogP contribution in [0.5, 0.6) is 0 Å². The molecule has 0 spiro atoms. The number of hydrogen-bond acceptors (Lipinski definition) is 24. The fraction of sp³-hybridized carbons (Fsp3) is 0.00926. The van der Waals surface area contributed by atoms with Gasteiger partial charge in [-0.1, -0.05) is 93.9 Å². The standard InChI is InChI=1S/C20H12N2S2.C19H11NS.C16H10N2.C16H11N2.2C14H9N4.C6H4N2O4.3CHO.3Ir.Re/c1-3-10-17-15(8-1)21-19(23-17)13-6-5-7-14(12-13)20-22-16-9-2-4-11-18(16)24-20;1-2-7-14(8-3-1)15-9-6-10-16(13-15)19-20-17-11-4-5-12-18(17)21-19;1-3-7-13(8-4-1)15-11-17-12-16(18-15)14-9-5-2-6-10-14;1-2-7-13(8-3-1)14-10-6-11-16(18-14)15-9-4-5-12-17-15;2*1-3-11(13-10-15-7-8-16-13)9-12(4-1)14-17-5-2-6-18-14;9-5(10)3-1-7-2-4(8-3)6(11)12;3*1-2;;;;/h1-11,19H;1-7,9-12H;1-7,9,11-12H;1-7,9-12H;2*1-8,10H;1-2H,(H,9,10)(H,11,12);3*1H;;;;/q3*-2;3*-1;;3*-1;;;+3;. The first kappa shape index (κ1) is 107. The molecular formula is C108H69Ir3N17O7ReS3-9. The Labute approximate surface area is 867 Å². The summed E-state index contributed by atoms with van der Waals surface area (Å²) in [5, 5.41) is 23.7. The molecule has 0 amide bonds. The maximum absolute atomic E-state index is 10.3. The maximum Gasteiger partial charge on any atom is 3.00 e. The van der Waals surface area contributed by atoms with Gasteiger partial charge in [0.1, 0.15) is 0 Å². The van der Waals surface area contributed by atoms with Gasteiger partial charge in [-0.05, 0) is 82.6 Å².